The van der Waals surface area contributed by atoms with E-state index in [9.17, 15) is 9.59 Å². The number of nitrogens with zero attached hydrogens (tertiary/aromatic N) is 2. The number of rotatable bonds is 10. The Morgan fingerprint density at radius 1 is 1.37 bits per heavy atom. The third-order valence-electron chi connectivity index (χ3n) is 4.49. The number of esters is 1. The molecule has 0 bridgehead atoms. The fourth-order valence-corrected chi connectivity index (χ4v) is 4.77. The van der Waals surface area contributed by atoms with Crippen molar-refractivity contribution in [3.05, 3.63) is 47.0 Å². The lowest BCUT2D eigenvalue weighted by Crippen LogP contribution is -2.47. The van der Waals surface area contributed by atoms with Gasteiger partial charge in [0.15, 0.2) is 4.34 Å². The number of benzene rings is 1. The number of aromatic nitrogens is 1. The van der Waals surface area contributed by atoms with Gasteiger partial charge in [0, 0.05) is 31.6 Å². The standard InChI is InChI=1S/C21H27N3O4S2/c1-2-27-20(26)10-17-14-29-21(23-17)30-15-19(25)22-11-18-13-24(8-9-28-18)12-16-6-4-3-5-7-16/h3-7,14,18H,2,8-13,15H2,1H3,(H,22,25). The second kappa shape index (κ2) is 12.0. The Kier molecular flexibility index (Phi) is 9.13. The molecule has 1 saturated heterocycles. The van der Waals surface area contributed by atoms with E-state index >= 15 is 0 Å². The number of hydrogen-bond acceptors (Lipinski definition) is 8. The monoisotopic (exact) mass is 449 g/mol. The molecule has 3 rings (SSSR count). The number of ether oxygens (including phenoxy) is 2. The Hall–Kier alpha value is -1.94. The fourth-order valence-electron chi connectivity index (χ4n) is 3.09. The van der Waals surface area contributed by atoms with Crippen LogP contribution >= 0.6 is 23.1 Å². The van der Waals surface area contributed by atoms with Crippen LogP contribution in [0.4, 0.5) is 0 Å². The summed E-state index contributed by atoms with van der Waals surface area (Å²) in [5.41, 5.74) is 1.96. The van der Waals surface area contributed by atoms with Crippen LogP contribution < -0.4 is 5.32 Å². The average Bonchev–Trinajstić information content (AvgIpc) is 3.19. The lowest BCUT2D eigenvalue weighted by molar-refractivity contribution is -0.142. The van der Waals surface area contributed by atoms with Gasteiger partial charge in [-0.05, 0) is 12.5 Å². The number of hydrogen-bond donors (Lipinski definition) is 1. The van der Waals surface area contributed by atoms with Crippen molar-refractivity contribution in [2.75, 3.05) is 38.6 Å². The van der Waals surface area contributed by atoms with Crippen LogP contribution in [-0.4, -0.2) is 66.5 Å². The molecule has 1 aliphatic heterocycles. The van der Waals surface area contributed by atoms with Gasteiger partial charge in [0.05, 0.1) is 37.2 Å². The van der Waals surface area contributed by atoms with Crippen molar-refractivity contribution >= 4 is 35.0 Å². The van der Waals surface area contributed by atoms with Crippen LogP contribution in [0.25, 0.3) is 0 Å². The summed E-state index contributed by atoms with van der Waals surface area (Å²) in [6, 6.07) is 10.4. The van der Waals surface area contributed by atoms with Gasteiger partial charge in [-0.15, -0.1) is 11.3 Å². The van der Waals surface area contributed by atoms with Crippen LogP contribution in [0.5, 0.6) is 0 Å². The van der Waals surface area contributed by atoms with Crippen molar-refractivity contribution in [1.82, 2.24) is 15.2 Å². The number of carbonyl (C=O) groups is 2. The zero-order chi connectivity index (χ0) is 21.2. The molecular formula is C21H27N3O4S2. The average molecular weight is 450 g/mol. The maximum absolute atomic E-state index is 12.2. The van der Waals surface area contributed by atoms with E-state index in [1.54, 1.807) is 6.92 Å². The third kappa shape index (κ3) is 7.71. The molecule has 1 N–H and O–H groups in total. The Bertz CT molecular complexity index is 816. The molecule has 0 radical (unpaired) electrons. The molecule has 0 spiro atoms. The number of amides is 1. The number of nitrogens with one attached hydrogen (secondary N) is 1. The fraction of sp³-hybridized carbons (Fsp3) is 0.476. The second-order valence-corrected chi connectivity index (χ2v) is 8.97. The SMILES string of the molecule is CCOC(=O)Cc1csc(SCC(=O)NCC2CN(Cc3ccccc3)CCO2)n1. The normalized spacial score (nSPS) is 16.9. The van der Waals surface area contributed by atoms with Gasteiger partial charge in [0.1, 0.15) is 0 Å². The topological polar surface area (TPSA) is 80.8 Å². The molecule has 1 unspecified atom stereocenters. The van der Waals surface area contributed by atoms with Crippen LogP contribution in [0.1, 0.15) is 18.2 Å². The van der Waals surface area contributed by atoms with E-state index in [1.165, 1.54) is 28.7 Å². The first-order chi connectivity index (χ1) is 14.6. The largest absolute Gasteiger partial charge is 0.466 e. The van der Waals surface area contributed by atoms with Crippen molar-refractivity contribution in [2.24, 2.45) is 0 Å². The van der Waals surface area contributed by atoms with Gasteiger partial charge in [0.2, 0.25) is 5.91 Å². The zero-order valence-electron chi connectivity index (χ0n) is 17.0. The Morgan fingerprint density at radius 3 is 3.00 bits per heavy atom. The summed E-state index contributed by atoms with van der Waals surface area (Å²) in [4.78, 5) is 30.4. The van der Waals surface area contributed by atoms with Crippen molar-refractivity contribution in [3.8, 4) is 0 Å². The predicted molar refractivity (Wildman–Crippen MR) is 118 cm³/mol. The van der Waals surface area contributed by atoms with Crippen LogP contribution in [-0.2, 0) is 32.0 Å². The number of thiazole rings is 1. The first kappa shape index (κ1) is 22.7. The Morgan fingerprint density at radius 2 is 2.20 bits per heavy atom. The van der Waals surface area contributed by atoms with Gasteiger partial charge in [-0.25, -0.2) is 4.98 Å². The summed E-state index contributed by atoms with van der Waals surface area (Å²) in [5, 5.41) is 4.78. The molecule has 1 aromatic carbocycles. The third-order valence-corrected chi connectivity index (χ3v) is 6.56. The van der Waals surface area contributed by atoms with Crippen molar-refractivity contribution in [1.29, 1.82) is 0 Å². The maximum atomic E-state index is 12.2. The first-order valence-corrected chi connectivity index (χ1v) is 11.9. The number of carbonyl (C=O) groups excluding carboxylic acids is 2. The molecule has 30 heavy (non-hydrogen) atoms. The molecule has 9 heteroatoms. The minimum absolute atomic E-state index is 0.00699. The molecule has 1 fully saturated rings. The second-order valence-electron chi connectivity index (χ2n) is 6.89. The van der Waals surface area contributed by atoms with Gasteiger partial charge in [0.25, 0.3) is 0 Å². The van der Waals surface area contributed by atoms with E-state index in [0.29, 0.717) is 25.5 Å². The van der Waals surface area contributed by atoms with Gasteiger partial charge in [-0.3, -0.25) is 14.5 Å². The molecule has 1 amide bonds. The van der Waals surface area contributed by atoms with E-state index in [2.05, 4.69) is 27.3 Å². The molecule has 0 aliphatic carbocycles. The minimum Gasteiger partial charge on any atom is -0.466 e. The highest BCUT2D eigenvalue weighted by Gasteiger charge is 2.21. The highest BCUT2D eigenvalue weighted by atomic mass is 32.2. The molecule has 1 aliphatic rings. The quantitative estimate of drug-likeness (QED) is 0.441. The number of thioether (sulfide) groups is 1. The van der Waals surface area contributed by atoms with Gasteiger partial charge in [-0.1, -0.05) is 42.1 Å². The molecule has 0 saturated carbocycles. The van der Waals surface area contributed by atoms with E-state index in [4.69, 9.17) is 9.47 Å². The van der Waals surface area contributed by atoms with Crippen LogP contribution in [0.3, 0.4) is 0 Å². The number of morpholine rings is 1. The van der Waals surface area contributed by atoms with Crippen LogP contribution in [0, 0.1) is 0 Å². The smallest absolute Gasteiger partial charge is 0.311 e. The van der Waals surface area contributed by atoms with Crippen molar-refractivity contribution in [3.63, 3.8) is 0 Å². The Balaban J connectivity index is 1.35. The zero-order valence-corrected chi connectivity index (χ0v) is 18.7. The summed E-state index contributed by atoms with van der Waals surface area (Å²) in [6.45, 7) is 5.89. The highest BCUT2D eigenvalue weighted by Crippen LogP contribution is 2.22. The maximum Gasteiger partial charge on any atom is 0.311 e. The summed E-state index contributed by atoms with van der Waals surface area (Å²) < 4.78 is 11.5. The summed E-state index contributed by atoms with van der Waals surface area (Å²) in [6.07, 6.45) is 0.155. The first-order valence-electron chi connectivity index (χ1n) is 9.99. The van der Waals surface area contributed by atoms with Gasteiger partial charge in [-0.2, -0.15) is 0 Å². The van der Waals surface area contributed by atoms with Crippen LogP contribution in [0.15, 0.2) is 40.1 Å². The molecule has 162 valence electrons. The lowest BCUT2D eigenvalue weighted by Gasteiger charge is -2.33. The van der Waals surface area contributed by atoms with Crippen LogP contribution in [0.2, 0.25) is 0 Å². The molecule has 1 atom stereocenters. The molecular weight excluding hydrogens is 422 g/mol. The van der Waals surface area contributed by atoms with E-state index in [1.807, 2.05) is 23.6 Å². The molecule has 1 aromatic heterocycles. The Labute approximate surface area is 185 Å². The van der Waals surface area contributed by atoms with E-state index in [-0.39, 0.29) is 30.2 Å². The van der Waals surface area contributed by atoms with Crippen molar-refractivity contribution < 1.29 is 19.1 Å². The summed E-state index contributed by atoms with van der Waals surface area (Å²) in [7, 11) is 0. The molecule has 2 aromatic rings. The van der Waals surface area contributed by atoms with Gasteiger partial charge < -0.3 is 14.8 Å². The predicted octanol–water partition coefficient (Wildman–Crippen LogP) is 2.36. The van der Waals surface area contributed by atoms with E-state index in [0.717, 1.165) is 24.0 Å². The van der Waals surface area contributed by atoms with Crippen molar-refractivity contribution in [2.45, 2.75) is 30.3 Å². The summed E-state index contributed by atoms with van der Waals surface area (Å²) >= 11 is 2.80. The highest BCUT2D eigenvalue weighted by molar-refractivity contribution is 8.01. The van der Waals surface area contributed by atoms with E-state index < -0.39 is 0 Å². The molecule has 7 nitrogen and oxygen atoms in total. The molecule has 2 heterocycles. The lowest BCUT2D eigenvalue weighted by atomic mass is 10.2. The minimum atomic E-state index is -0.286. The summed E-state index contributed by atoms with van der Waals surface area (Å²) in [5.74, 6) is -0.0518. The van der Waals surface area contributed by atoms with Gasteiger partial charge >= 0.3 is 5.97 Å².